The second-order valence-corrected chi connectivity index (χ2v) is 4.24. The van der Waals surface area contributed by atoms with Gasteiger partial charge in [0.25, 0.3) is 0 Å². The van der Waals surface area contributed by atoms with E-state index in [1.807, 2.05) is 0 Å². The van der Waals surface area contributed by atoms with E-state index in [0.717, 1.165) is 12.1 Å². The van der Waals surface area contributed by atoms with Crippen molar-refractivity contribution in [2.24, 2.45) is 0 Å². The summed E-state index contributed by atoms with van der Waals surface area (Å²) in [4.78, 5) is 0. The van der Waals surface area contributed by atoms with Crippen LogP contribution in [0.15, 0.2) is 36.4 Å². The number of aliphatic hydroxyl groups is 1. The van der Waals surface area contributed by atoms with Crippen LogP contribution in [0.25, 0.3) is 10.8 Å². The molecule has 0 aromatic heterocycles. The molecule has 2 rings (SSSR count). The Kier molecular flexibility index (Phi) is 2.81. The molecule has 1 nitrogen and oxygen atoms in total. The molecule has 2 aromatic carbocycles. The van der Waals surface area contributed by atoms with Crippen molar-refractivity contribution < 1.29 is 22.7 Å². The number of halogens is 4. The van der Waals surface area contributed by atoms with Crippen molar-refractivity contribution in [1.29, 1.82) is 0 Å². The SMILES string of the molecule is CC(O)(c1cccc2cc(F)ccc12)C(F)(F)F. The van der Waals surface area contributed by atoms with E-state index in [0.29, 0.717) is 12.3 Å². The van der Waals surface area contributed by atoms with Crippen LogP contribution in [0.1, 0.15) is 12.5 Å². The molecule has 0 heterocycles. The van der Waals surface area contributed by atoms with Gasteiger partial charge in [-0.15, -0.1) is 0 Å². The van der Waals surface area contributed by atoms with Crippen LogP contribution >= 0.6 is 0 Å². The zero-order valence-corrected chi connectivity index (χ0v) is 9.42. The van der Waals surface area contributed by atoms with E-state index in [2.05, 4.69) is 0 Å². The molecule has 18 heavy (non-hydrogen) atoms. The molecule has 0 saturated heterocycles. The zero-order chi connectivity index (χ0) is 13.6. The first kappa shape index (κ1) is 12.8. The molecule has 0 aliphatic heterocycles. The normalized spacial score (nSPS) is 15.7. The summed E-state index contributed by atoms with van der Waals surface area (Å²) in [7, 11) is 0. The number of hydrogen-bond donors (Lipinski definition) is 1. The molecular formula is C13H10F4O. The molecular weight excluding hydrogens is 248 g/mol. The fourth-order valence-corrected chi connectivity index (χ4v) is 1.83. The van der Waals surface area contributed by atoms with Gasteiger partial charge in [0.05, 0.1) is 0 Å². The van der Waals surface area contributed by atoms with Crippen molar-refractivity contribution >= 4 is 10.8 Å². The van der Waals surface area contributed by atoms with Gasteiger partial charge in [-0.25, -0.2) is 4.39 Å². The van der Waals surface area contributed by atoms with Gasteiger partial charge in [-0.1, -0.05) is 24.3 Å². The highest BCUT2D eigenvalue weighted by atomic mass is 19.4. The van der Waals surface area contributed by atoms with Crippen LogP contribution in [0.2, 0.25) is 0 Å². The first-order chi connectivity index (χ1) is 8.23. The molecule has 5 heteroatoms. The van der Waals surface area contributed by atoms with Gasteiger partial charge in [-0.05, 0) is 29.8 Å². The standard InChI is InChI=1S/C13H10F4O/c1-12(18,13(15,16)17)11-4-2-3-8-7-9(14)5-6-10(8)11/h2-7,18H,1H3. The van der Waals surface area contributed by atoms with Crippen LogP contribution in [0.4, 0.5) is 17.6 Å². The lowest BCUT2D eigenvalue weighted by atomic mass is 9.90. The van der Waals surface area contributed by atoms with Crippen molar-refractivity contribution in [2.45, 2.75) is 18.7 Å². The van der Waals surface area contributed by atoms with Crippen LogP contribution in [-0.4, -0.2) is 11.3 Å². The summed E-state index contributed by atoms with van der Waals surface area (Å²) in [6.45, 7) is 0.686. The highest BCUT2D eigenvalue weighted by Crippen LogP contribution is 2.41. The molecule has 0 bridgehead atoms. The first-order valence-corrected chi connectivity index (χ1v) is 5.21. The zero-order valence-electron chi connectivity index (χ0n) is 9.42. The van der Waals surface area contributed by atoms with Crippen LogP contribution in [0.5, 0.6) is 0 Å². The Balaban J connectivity index is 2.73. The summed E-state index contributed by atoms with van der Waals surface area (Å²) in [5.74, 6) is -0.536. The smallest absolute Gasteiger partial charge is 0.376 e. The minimum atomic E-state index is -4.80. The van der Waals surface area contributed by atoms with E-state index in [9.17, 15) is 22.7 Å². The molecule has 0 amide bonds. The van der Waals surface area contributed by atoms with Crippen molar-refractivity contribution in [3.63, 3.8) is 0 Å². The third kappa shape index (κ3) is 1.95. The van der Waals surface area contributed by atoms with Gasteiger partial charge in [-0.3, -0.25) is 0 Å². The second-order valence-electron chi connectivity index (χ2n) is 4.24. The van der Waals surface area contributed by atoms with Gasteiger partial charge in [0.15, 0.2) is 5.60 Å². The number of hydrogen-bond acceptors (Lipinski definition) is 1. The molecule has 1 atom stereocenters. The van der Waals surface area contributed by atoms with Crippen LogP contribution in [-0.2, 0) is 5.60 Å². The Labute approximate surface area is 101 Å². The maximum Gasteiger partial charge on any atom is 0.421 e. The van der Waals surface area contributed by atoms with E-state index in [-0.39, 0.29) is 10.9 Å². The number of alkyl halides is 3. The summed E-state index contributed by atoms with van der Waals surface area (Å²) in [5.41, 5.74) is -3.25. The van der Waals surface area contributed by atoms with Crippen LogP contribution in [0.3, 0.4) is 0 Å². The number of benzene rings is 2. The monoisotopic (exact) mass is 258 g/mol. The maximum absolute atomic E-state index is 13.0. The van der Waals surface area contributed by atoms with Gasteiger partial charge in [0.2, 0.25) is 0 Å². The summed E-state index contributed by atoms with van der Waals surface area (Å²) in [5, 5.41) is 10.2. The Morgan fingerprint density at radius 1 is 1.06 bits per heavy atom. The predicted octanol–water partition coefficient (Wildman–Crippen LogP) is 3.75. The summed E-state index contributed by atoms with van der Waals surface area (Å²) in [6, 6.07) is 7.48. The predicted molar refractivity (Wildman–Crippen MR) is 59.5 cm³/mol. The average molecular weight is 258 g/mol. The van der Waals surface area contributed by atoms with Gasteiger partial charge in [-0.2, -0.15) is 13.2 Å². The highest BCUT2D eigenvalue weighted by molar-refractivity contribution is 5.86. The molecule has 0 aliphatic carbocycles. The first-order valence-electron chi connectivity index (χ1n) is 5.21. The van der Waals surface area contributed by atoms with Crippen molar-refractivity contribution in [1.82, 2.24) is 0 Å². The molecule has 0 radical (unpaired) electrons. The fourth-order valence-electron chi connectivity index (χ4n) is 1.83. The molecule has 96 valence electrons. The lowest BCUT2D eigenvalue weighted by molar-refractivity contribution is -0.258. The lowest BCUT2D eigenvalue weighted by Gasteiger charge is -2.27. The third-order valence-corrected chi connectivity index (χ3v) is 2.92. The Morgan fingerprint density at radius 2 is 1.72 bits per heavy atom. The largest absolute Gasteiger partial charge is 0.421 e. The molecule has 2 aromatic rings. The lowest BCUT2D eigenvalue weighted by Crippen LogP contribution is -2.39. The Morgan fingerprint density at radius 3 is 2.33 bits per heavy atom. The number of fused-ring (bicyclic) bond motifs is 1. The van der Waals surface area contributed by atoms with E-state index >= 15 is 0 Å². The fraction of sp³-hybridized carbons (Fsp3) is 0.231. The summed E-state index contributed by atoms with van der Waals surface area (Å²) >= 11 is 0. The maximum atomic E-state index is 13.0. The van der Waals surface area contributed by atoms with E-state index in [4.69, 9.17) is 0 Å². The topological polar surface area (TPSA) is 20.2 Å². The van der Waals surface area contributed by atoms with Gasteiger partial charge in [0.1, 0.15) is 5.82 Å². The van der Waals surface area contributed by atoms with Crippen molar-refractivity contribution in [3.05, 3.63) is 47.8 Å². The minimum Gasteiger partial charge on any atom is -0.376 e. The molecule has 0 aliphatic rings. The van der Waals surface area contributed by atoms with Crippen LogP contribution < -0.4 is 0 Å². The minimum absolute atomic E-state index is 0.182. The molecule has 0 spiro atoms. The van der Waals surface area contributed by atoms with Crippen molar-refractivity contribution in [3.8, 4) is 0 Å². The quantitative estimate of drug-likeness (QED) is 0.772. The highest BCUT2D eigenvalue weighted by Gasteiger charge is 2.51. The van der Waals surface area contributed by atoms with Gasteiger partial charge in [0, 0.05) is 5.56 Å². The van der Waals surface area contributed by atoms with Gasteiger partial charge < -0.3 is 5.11 Å². The molecule has 1 N–H and O–H groups in total. The third-order valence-electron chi connectivity index (χ3n) is 2.92. The number of rotatable bonds is 1. The second kappa shape index (κ2) is 3.95. The van der Waals surface area contributed by atoms with Crippen LogP contribution in [0, 0.1) is 5.82 Å². The Bertz CT molecular complexity index is 587. The molecule has 1 unspecified atom stereocenters. The molecule has 0 fully saturated rings. The van der Waals surface area contributed by atoms with E-state index < -0.39 is 17.6 Å². The molecule has 0 saturated carbocycles. The summed E-state index contributed by atoms with van der Waals surface area (Å²) in [6.07, 6.45) is -4.80. The van der Waals surface area contributed by atoms with Gasteiger partial charge >= 0.3 is 6.18 Å². The van der Waals surface area contributed by atoms with E-state index in [1.165, 1.54) is 24.3 Å². The Hall–Kier alpha value is -1.62. The van der Waals surface area contributed by atoms with E-state index in [1.54, 1.807) is 0 Å². The van der Waals surface area contributed by atoms with Crippen molar-refractivity contribution in [2.75, 3.05) is 0 Å². The average Bonchev–Trinajstić information content (AvgIpc) is 2.26. The summed E-state index contributed by atoms with van der Waals surface area (Å²) < 4.78 is 51.4.